The zero-order chi connectivity index (χ0) is 40.1. The quantitative estimate of drug-likeness (QED) is 0.0948. The lowest BCUT2D eigenvalue weighted by Crippen LogP contribution is -2.65. The fourth-order valence-electron chi connectivity index (χ4n) is 10.0. The van der Waals surface area contributed by atoms with Crippen molar-refractivity contribution in [3.05, 3.63) is 98.5 Å². The van der Waals surface area contributed by atoms with Crippen molar-refractivity contribution in [2.75, 3.05) is 33.2 Å². The van der Waals surface area contributed by atoms with Crippen LogP contribution in [0.1, 0.15) is 95.7 Å². The van der Waals surface area contributed by atoms with Crippen LogP contribution in [0.25, 0.3) is 33.5 Å². The van der Waals surface area contributed by atoms with Gasteiger partial charge in [-0.05, 0) is 98.6 Å². The molecule has 3 aromatic heterocycles. The lowest BCUT2D eigenvalue weighted by molar-refractivity contribution is -0.135. The summed E-state index contributed by atoms with van der Waals surface area (Å²) in [6.45, 7) is 3.89. The number of aromatic nitrogens is 4. The highest BCUT2D eigenvalue weighted by Crippen LogP contribution is 2.45. The van der Waals surface area contributed by atoms with Crippen molar-refractivity contribution in [2.45, 2.75) is 88.6 Å². The number of H-pyrrole nitrogens is 1. The van der Waals surface area contributed by atoms with Crippen molar-refractivity contribution < 1.29 is 18.8 Å². The number of likely N-dealkylation sites (tertiary alicyclic amines) is 1. The average Bonchev–Trinajstić information content (AvgIpc) is 3.72. The van der Waals surface area contributed by atoms with E-state index >= 15 is 4.39 Å². The van der Waals surface area contributed by atoms with Gasteiger partial charge in [-0.3, -0.25) is 33.8 Å². The third-order valence-corrected chi connectivity index (χ3v) is 12.9. The summed E-state index contributed by atoms with van der Waals surface area (Å²) in [4.78, 5) is 61.2. The molecule has 6 heterocycles. The first-order valence-corrected chi connectivity index (χ1v) is 20.9. The first kappa shape index (κ1) is 38.1. The molecule has 4 aliphatic rings. The second-order valence-corrected chi connectivity index (χ2v) is 16.9. The number of unbranched alkanes of at least 4 members (excludes halogenated alkanes) is 5. The molecule has 12 nitrogen and oxygen atoms in total. The van der Waals surface area contributed by atoms with Crippen LogP contribution in [0, 0.1) is 5.82 Å². The van der Waals surface area contributed by atoms with E-state index < -0.39 is 11.9 Å². The van der Waals surface area contributed by atoms with E-state index in [2.05, 4.69) is 43.9 Å². The maximum absolute atomic E-state index is 15.6. The molecule has 2 aromatic carbocycles. The molecular formula is C45H51FN8O4. The van der Waals surface area contributed by atoms with Gasteiger partial charge >= 0.3 is 5.69 Å². The minimum Gasteiger partial charge on any atom is -0.357 e. The molecule has 3 aliphatic heterocycles. The number of para-hydroxylation sites is 1. The van der Waals surface area contributed by atoms with E-state index in [1.54, 1.807) is 22.2 Å². The number of aromatic amines is 1. The summed E-state index contributed by atoms with van der Waals surface area (Å²) < 4.78 is 18.8. The molecule has 2 saturated heterocycles. The van der Waals surface area contributed by atoms with E-state index in [0.29, 0.717) is 30.8 Å². The molecule has 1 unspecified atom stereocenters. The molecule has 13 heteroatoms. The van der Waals surface area contributed by atoms with Crippen molar-refractivity contribution in [1.29, 1.82) is 0 Å². The number of fused-ring (bicyclic) bond motifs is 7. The number of pyridine rings is 1. The maximum Gasteiger partial charge on any atom is 0.329 e. The first-order valence-electron chi connectivity index (χ1n) is 20.9. The van der Waals surface area contributed by atoms with Crippen LogP contribution < -0.4 is 21.6 Å². The van der Waals surface area contributed by atoms with Gasteiger partial charge in [-0.15, -0.1) is 0 Å². The number of amides is 3. The van der Waals surface area contributed by atoms with Crippen LogP contribution in [-0.2, 0) is 47.9 Å². The molecule has 9 rings (SSSR count). The Balaban J connectivity index is 0.740. The molecule has 302 valence electrons. The lowest BCUT2D eigenvalue weighted by Gasteiger charge is -2.50. The second kappa shape index (κ2) is 15.4. The van der Waals surface area contributed by atoms with Crippen molar-refractivity contribution >= 4 is 28.8 Å². The van der Waals surface area contributed by atoms with Crippen LogP contribution in [-0.4, -0.2) is 75.0 Å². The molecule has 0 radical (unpaired) electrons. The smallest absolute Gasteiger partial charge is 0.329 e. The molecule has 4 N–H and O–H groups in total. The average molecular weight is 787 g/mol. The number of nitrogens with zero attached hydrogens (tertiary/aromatic N) is 4. The van der Waals surface area contributed by atoms with Gasteiger partial charge in [-0.1, -0.05) is 43.9 Å². The van der Waals surface area contributed by atoms with Crippen LogP contribution in [0.5, 0.6) is 0 Å². The Morgan fingerprint density at radius 1 is 0.931 bits per heavy atom. The molecule has 1 atom stereocenters. The van der Waals surface area contributed by atoms with Crippen molar-refractivity contribution in [1.82, 2.24) is 40.0 Å². The highest BCUT2D eigenvalue weighted by molar-refractivity contribution is 6.02. The van der Waals surface area contributed by atoms with Crippen molar-refractivity contribution in [2.24, 2.45) is 7.05 Å². The van der Waals surface area contributed by atoms with Gasteiger partial charge in [-0.2, -0.15) is 0 Å². The number of nitrogens with one attached hydrogen (secondary N) is 4. The summed E-state index contributed by atoms with van der Waals surface area (Å²) >= 11 is 0. The number of carbonyl (C=O) groups excluding carboxylic acids is 3. The Morgan fingerprint density at radius 3 is 2.53 bits per heavy atom. The Labute approximate surface area is 336 Å². The van der Waals surface area contributed by atoms with Crippen molar-refractivity contribution in [3.63, 3.8) is 0 Å². The lowest BCUT2D eigenvalue weighted by atomic mass is 9.73. The van der Waals surface area contributed by atoms with Gasteiger partial charge in [0.1, 0.15) is 11.9 Å². The number of imide groups is 1. The fraction of sp³-hybridized carbons (Fsp3) is 0.444. The van der Waals surface area contributed by atoms with Crippen LogP contribution in [0.2, 0.25) is 0 Å². The summed E-state index contributed by atoms with van der Waals surface area (Å²) in [5, 5.41) is 8.99. The number of rotatable bonds is 13. The Kier molecular flexibility index (Phi) is 10.1. The number of aryl methyl sites for hydroxylation is 3. The molecule has 5 aromatic rings. The molecule has 0 saturated carbocycles. The molecule has 1 spiro atoms. The van der Waals surface area contributed by atoms with Gasteiger partial charge in [0.05, 0.1) is 33.4 Å². The number of halogens is 1. The topological polar surface area (TPSA) is 146 Å². The van der Waals surface area contributed by atoms with Crippen molar-refractivity contribution in [3.8, 4) is 22.5 Å². The fourth-order valence-corrected chi connectivity index (χ4v) is 10.0. The molecule has 3 amide bonds. The standard InChI is InChI=1S/C45H51FN8O4/c1-52-25-45(26-52)24-49-43(57)38-31-16-14-29-23-48-34(21-32(29)39(31)51-41(38)45)30-15-13-27(20-33(30)46)22-47-19-8-6-4-3-5-7-10-28-11-9-12-35-40(28)53(2)44(58)54(35)36-17-18-37(55)50-42(36)56/h9,11-13,15,20-21,23,36,47,51H,3-8,10,14,16-19,22,24-26H2,1-2H3,(H,49,57)(H,50,55,56). The van der Waals surface area contributed by atoms with E-state index in [0.717, 1.165) is 133 Å². The minimum absolute atomic E-state index is 0.00250. The SMILES string of the molecule is CN1CC2(CNC(=O)c3c2[nH]c2c3CCc3cnc(-c4ccc(CNCCCCCCCCc5cccc6c5n(C)c(=O)n6C5CCC(=O)NC5=O)cc4F)cc3-2)C1. The number of imidazole rings is 1. The monoisotopic (exact) mass is 786 g/mol. The highest BCUT2D eigenvalue weighted by atomic mass is 19.1. The molecule has 0 bridgehead atoms. The molecule has 1 aliphatic carbocycles. The maximum atomic E-state index is 15.6. The zero-order valence-electron chi connectivity index (χ0n) is 33.3. The largest absolute Gasteiger partial charge is 0.357 e. The van der Waals surface area contributed by atoms with Gasteiger partial charge in [0.2, 0.25) is 11.8 Å². The van der Waals surface area contributed by atoms with Crippen LogP contribution in [0.4, 0.5) is 4.39 Å². The molecule has 2 fully saturated rings. The van der Waals surface area contributed by atoms with Gasteiger partial charge in [0.15, 0.2) is 0 Å². The zero-order valence-corrected chi connectivity index (χ0v) is 33.3. The summed E-state index contributed by atoms with van der Waals surface area (Å²) in [7, 11) is 3.85. The second-order valence-electron chi connectivity index (χ2n) is 16.9. The summed E-state index contributed by atoms with van der Waals surface area (Å²) in [5.74, 6) is -1.01. The van der Waals surface area contributed by atoms with Crippen LogP contribution >= 0.6 is 0 Å². The summed E-state index contributed by atoms with van der Waals surface area (Å²) in [6, 6.07) is 12.6. The van der Waals surface area contributed by atoms with Gasteiger partial charge < -0.3 is 20.5 Å². The number of benzene rings is 2. The van der Waals surface area contributed by atoms with Crippen LogP contribution in [0.3, 0.4) is 0 Å². The number of carbonyl (C=O) groups is 3. The number of hydrogen-bond acceptors (Lipinski definition) is 7. The number of likely N-dealkylation sites (N-methyl/N-ethyl adjacent to an activating group) is 1. The van der Waals surface area contributed by atoms with E-state index in [-0.39, 0.29) is 35.2 Å². The van der Waals surface area contributed by atoms with E-state index in [9.17, 15) is 19.2 Å². The third kappa shape index (κ3) is 6.77. The minimum atomic E-state index is -0.680. The number of hydrogen-bond donors (Lipinski definition) is 4. The summed E-state index contributed by atoms with van der Waals surface area (Å²) in [5.41, 5.74) is 10.3. The normalized spacial score (nSPS) is 18.5. The predicted octanol–water partition coefficient (Wildman–Crippen LogP) is 5.21. The van der Waals surface area contributed by atoms with Gasteiger partial charge in [0, 0.05) is 62.7 Å². The molecule has 58 heavy (non-hydrogen) atoms. The highest BCUT2D eigenvalue weighted by Gasteiger charge is 2.50. The third-order valence-electron chi connectivity index (χ3n) is 12.9. The summed E-state index contributed by atoms with van der Waals surface area (Å²) in [6.07, 6.45) is 11.3. The van der Waals surface area contributed by atoms with Crippen LogP contribution in [0.15, 0.2) is 53.5 Å². The Hall–Kier alpha value is -5.40. The van der Waals surface area contributed by atoms with Gasteiger partial charge in [-0.25, -0.2) is 9.18 Å². The van der Waals surface area contributed by atoms with E-state index in [1.807, 2.05) is 36.5 Å². The molecular weight excluding hydrogens is 736 g/mol. The predicted molar refractivity (Wildman–Crippen MR) is 220 cm³/mol. The van der Waals surface area contributed by atoms with E-state index in [1.165, 1.54) is 0 Å². The van der Waals surface area contributed by atoms with Gasteiger partial charge in [0.25, 0.3) is 5.91 Å². The Morgan fingerprint density at radius 2 is 1.74 bits per heavy atom. The number of piperidine rings is 1. The van der Waals surface area contributed by atoms with E-state index in [4.69, 9.17) is 0 Å². The Bertz CT molecular complexity index is 2510. The first-order chi connectivity index (χ1) is 28.1.